The summed E-state index contributed by atoms with van der Waals surface area (Å²) >= 11 is 1.48. The summed E-state index contributed by atoms with van der Waals surface area (Å²) in [5, 5.41) is 13.1. The molecule has 4 nitrogen and oxygen atoms in total. The smallest absolute Gasteiger partial charge is 0.550 e. The minimum atomic E-state index is -1.21. The van der Waals surface area contributed by atoms with Gasteiger partial charge in [0.1, 0.15) is 11.3 Å². The second-order valence-corrected chi connectivity index (χ2v) is 5.67. The fourth-order valence-electron chi connectivity index (χ4n) is 2.27. The van der Waals surface area contributed by atoms with Crippen molar-refractivity contribution in [2.24, 2.45) is 0 Å². The Hall–Kier alpha value is -1.40. The third kappa shape index (κ3) is 3.17. The standard InChI is InChI=1S/C16H12O4S.Na/c1-9-5-6-21-16(9)13-8-12(17)11-4-2-3-10(7-14(18)19)15(11)20-13;/h2-6,8H,7H2,1H3,(H,18,19);/q;+1/p-1. The quantitative estimate of drug-likeness (QED) is 0.588. The van der Waals surface area contributed by atoms with Crippen LogP contribution < -0.4 is 40.1 Å². The van der Waals surface area contributed by atoms with Gasteiger partial charge in [0.15, 0.2) is 5.43 Å². The Balaban J connectivity index is 0.00000176. The number of aliphatic carboxylic acids is 1. The van der Waals surface area contributed by atoms with Crippen LogP contribution in [0.25, 0.3) is 21.6 Å². The zero-order valence-corrected chi connectivity index (χ0v) is 15.0. The number of fused-ring (bicyclic) bond motifs is 1. The van der Waals surface area contributed by atoms with E-state index < -0.39 is 5.97 Å². The Labute approximate surface area is 152 Å². The van der Waals surface area contributed by atoms with Crippen molar-refractivity contribution in [3.63, 3.8) is 0 Å². The van der Waals surface area contributed by atoms with E-state index in [9.17, 15) is 14.7 Å². The first-order valence-electron chi connectivity index (χ1n) is 6.36. The number of hydrogen-bond acceptors (Lipinski definition) is 5. The monoisotopic (exact) mass is 322 g/mol. The maximum Gasteiger partial charge on any atom is 1.00 e. The van der Waals surface area contributed by atoms with Crippen molar-refractivity contribution in [1.29, 1.82) is 0 Å². The van der Waals surface area contributed by atoms with E-state index >= 15 is 0 Å². The third-order valence-electron chi connectivity index (χ3n) is 3.26. The van der Waals surface area contributed by atoms with Gasteiger partial charge >= 0.3 is 29.6 Å². The predicted molar refractivity (Wildman–Crippen MR) is 79.2 cm³/mol. The van der Waals surface area contributed by atoms with Gasteiger partial charge < -0.3 is 14.3 Å². The van der Waals surface area contributed by atoms with Gasteiger partial charge in [-0.15, -0.1) is 11.3 Å². The molecule has 0 N–H and O–H groups in total. The molecule has 6 heteroatoms. The Bertz CT molecular complexity index is 895. The molecule has 106 valence electrons. The average molecular weight is 322 g/mol. The molecule has 0 amide bonds. The van der Waals surface area contributed by atoms with Gasteiger partial charge in [0, 0.05) is 24.0 Å². The number of benzene rings is 1. The molecule has 0 atom stereocenters. The Morgan fingerprint density at radius 2 is 2.09 bits per heavy atom. The molecule has 3 rings (SSSR count). The average Bonchev–Trinajstić information content (AvgIpc) is 2.85. The molecule has 0 radical (unpaired) electrons. The predicted octanol–water partition coefficient (Wildman–Crippen LogP) is -0.874. The number of hydrogen-bond donors (Lipinski definition) is 0. The minimum Gasteiger partial charge on any atom is -0.550 e. The molecule has 0 saturated carbocycles. The first-order valence-corrected chi connectivity index (χ1v) is 7.24. The van der Waals surface area contributed by atoms with Gasteiger partial charge in [-0.2, -0.15) is 0 Å². The molecule has 1 aromatic carbocycles. The molecule has 2 aromatic heterocycles. The summed E-state index contributed by atoms with van der Waals surface area (Å²) in [7, 11) is 0. The number of carbonyl (C=O) groups is 1. The zero-order chi connectivity index (χ0) is 15.0. The van der Waals surface area contributed by atoms with Gasteiger partial charge in [0.25, 0.3) is 0 Å². The van der Waals surface area contributed by atoms with Gasteiger partial charge in [-0.3, -0.25) is 4.79 Å². The van der Waals surface area contributed by atoms with Gasteiger partial charge in [0.2, 0.25) is 0 Å². The summed E-state index contributed by atoms with van der Waals surface area (Å²) in [6.07, 6.45) is -0.285. The van der Waals surface area contributed by atoms with E-state index in [0.717, 1.165) is 10.4 Å². The van der Waals surface area contributed by atoms with E-state index in [2.05, 4.69) is 0 Å². The first kappa shape index (κ1) is 17.0. The molecular formula is C16H11NaO4S. The van der Waals surface area contributed by atoms with Crippen molar-refractivity contribution in [2.75, 3.05) is 0 Å². The first-order chi connectivity index (χ1) is 10.1. The molecule has 0 bridgehead atoms. The van der Waals surface area contributed by atoms with Crippen molar-refractivity contribution in [3.8, 4) is 10.6 Å². The topological polar surface area (TPSA) is 70.3 Å². The van der Waals surface area contributed by atoms with Crippen LogP contribution in [0.1, 0.15) is 11.1 Å². The van der Waals surface area contributed by atoms with E-state index in [-0.39, 0.29) is 41.4 Å². The van der Waals surface area contributed by atoms with Crippen LogP contribution in [0.3, 0.4) is 0 Å². The van der Waals surface area contributed by atoms with Gasteiger partial charge in [-0.05, 0) is 30.0 Å². The zero-order valence-electron chi connectivity index (χ0n) is 12.2. The number of para-hydroxylation sites is 1. The van der Waals surface area contributed by atoms with Crippen LogP contribution in [0.5, 0.6) is 0 Å². The third-order valence-corrected chi connectivity index (χ3v) is 4.29. The van der Waals surface area contributed by atoms with Crippen LogP contribution in [-0.2, 0) is 11.2 Å². The van der Waals surface area contributed by atoms with Crippen molar-refractivity contribution in [1.82, 2.24) is 0 Å². The van der Waals surface area contributed by atoms with E-state index in [0.29, 0.717) is 22.3 Å². The molecule has 3 aromatic rings. The molecule has 0 aliphatic rings. The van der Waals surface area contributed by atoms with Crippen LogP contribution in [0, 0.1) is 6.92 Å². The van der Waals surface area contributed by atoms with E-state index in [4.69, 9.17) is 4.42 Å². The Morgan fingerprint density at radius 3 is 2.73 bits per heavy atom. The molecule has 0 unspecified atom stereocenters. The van der Waals surface area contributed by atoms with Crippen LogP contribution in [0.4, 0.5) is 0 Å². The van der Waals surface area contributed by atoms with Crippen molar-refractivity contribution < 1.29 is 43.9 Å². The van der Waals surface area contributed by atoms with Gasteiger partial charge in [-0.1, -0.05) is 12.1 Å². The second-order valence-electron chi connectivity index (χ2n) is 4.75. The maximum absolute atomic E-state index is 12.2. The number of rotatable bonds is 3. The fraction of sp³-hybridized carbons (Fsp3) is 0.125. The molecule has 22 heavy (non-hydrogen) atoms. The number of carboxylic acid groups (broad SMARTS) is 1. The molecule has 0 fully saturated rings. The summed E-state index contributed by atoms with van der Waals surface area (Å²) in [4.78, 5) is 23.9. The number of thiophene rings is 1. The van der Waals surface area contributed by atoms with E-state index in [1.165, 1.54) is 17.4 Å². The van der Waals surface area contributed by atoms with Crippen molar-refractivity contribution in [3.05, 3.63) is 57.1 Å². The molecule has 0 saturated heterocycles. The summed E-state index contributed by atoms with van der Waals surface area (Å²) in [5.74, 6) is -0.742. The van der Waals surface area contributed by atoms with Crippen LogP contribution in [0.2, 0.25) is 0 Å². The van der Waals surface area contributed by atoms with Crippen molar-refractivity contribution >= 4 is 28.3 Å². The summed E-state index contributed by atoms with van der Waals surface area (Å²) in [6.45, 7) is 1.93. The number of aryl methyl sites for hydroxylation is 1. The summed E-state index contributed by atoms with van der Waals surface area (Å²) in [5.41, 5.74) is 1.59. The van der Waals surface area contributed by atoms with E-state index in [1.54, 1.807) is 18.2 Å². The second kappa shape index (κ2) is 6.79. The van der Waals surface area contributed by atoms with Crippen molar-refractivity contribution in [2.45, 2.75) is 13.3 Å². The molecule has 0 aliphatic carbocycles. The molecule has 0 aliphatic heterocycles. The Morgan fingerprint density at radius 1 is 1.32 bits per heavy atom. The molecule has 0 spiro atoms. The van der Waals surface area contributed by atoms with Gasteiger partial charge in [-0.25, -0.2) is 0 Å². The molecule has 2 heterocycles. The van der Waals surface area contributed by atoms with E-state index in [1.807, 2.05) is 18.4 Å². The number of carbonyl (C=O) groups excluding carboxylic acids is 1. The Kier molecular flexibility index (Phi) is 5.24. The van der Waals surface area contributed by atoms with Gasteiger partial charge in [0.05, 0.1) is 10.3 Å². The summed E-state index contributed by atoms with van der Waals surface area (Å²) < 4.78 is 5.82. The largest absolute Gasteiger partial charge is 1.00 e. The minimum absolute atomic E-state index is 0. The van der Waals surface area contributed by atoms with Crippen LogP contribution >= 0.6 is 11.3 Å². The molecular weight excluding hydrogens is 311 g/mol. The van der Waals surface area contributed by atoms with Crippen LogP contribution in [-0.4, -0.2) is 5.97 Å². The summed E-state index contributed by atoms with van der Waals surface area (Å²) in [6, 6.07) is 8.30. The fourth-order valence-corrected chi connectivity index (χ4v) is 3.15. The normalized spacial score (nSPS) is 10.4. The van der Waals surface area contributed by atoms with Crippen LogP contribution in [0.15, 0.2) is 44.9 Å². The maximum atomic E-state index is 12.2. The number of carboxylic acids is 1. The SMILES string of the molecule is Cc1ccsc1-c1cc(=O)c2cccc(CC(=O)[O-])c2o1.[Na+].